The quantitative estimate of drug-likeness (QED) is 0.233. The van der Waals surface area contributed by atoms with E-state index in [1.807, 2.05) is 24.3 Å². The summed E-state index contributed by atoms with van der Waals surface area (Å²) in [5.74, 6) is -0.224. The Hall–Kier alpha value is -2.54. The Balaban J connectivity index is 1.82. The van der Waals surface area contributed by atoms with Crippen molar-refractivity contribution in [3.05, 3.63) is 54.1 Å². The van der Waals surface area contributed by atoms with Crippen LogP contribution in [0.3, 0.4) is 0 Å². The number of ether oxygens (including phenoxy) is 2. The normalized spacial score (nSPS) is 12.4. The molecule has 31 heavy (non-hydrogen) atoms. The van der Waals surface area contributed by atoms with Gasteiger partial charge in [0.15, 0.2) is 0 Å². The molecular weight excluding hydrogens is 409 g/mol. The molecule has 2 rings (SSSR count). The summed E-state index contributed by atoms with van der Waals surface area (Å²) in [6.45, 7) is 2.88. The second-order valence-corrected chi connectivity index (χ2v) is 7.40. The van der Waals surface area contributed by atoms with Gasteiger partial charge in [-0.3, -0.25) is 0 Å². The number of halogens is 3. The second kappa shape index (κ2) is 12.3. The van der Waals surface area contributed by atoms with Crippen molar-refractivity contribution in [2.75, 3.05) is 6.61 Å². The van der Waals surface area contributed by atoms with E-state index in [1.54, 1.807) is 12.1 Å². The van der Waals surface area contributed by atoms with Gasteiger partial charge < -0.3 is 14.6 Å². The van der Waals surface area contributed by atoms with Crippen LogP contribution in [0.25, 0.3) is 11.1 Å². The fourth-order valence-electron chi connectivity index (χ4n) is 3.05. The molecule has 1 unspecified atom stereocenters. The summed E-state index contributed by atoms with van der Waals surface area (Å²) in [7, 11) is 0. The topological polar surface area (TPSA) is 55.8 Å². The number of esters is 1. The van der Waals surface area contributed by atoms with Crippen LogP contribution in [0.5, 0.6) is 5.75 Å². The Morgan fingerprint density at radius 1 is 0.903 bits per heavy atom. The van der Waals surface area contributed by atoms with E-state index in [1.165, 1.54) is 44.2 Å². The summed E-state index contributed by atoms with van der Waals surface area (Å²) in [5.41, 5.74) is 1.79. The fourth-order valence-corrected chi connectivity index (χ4v) is 3.05. The van der Waals surface area contributed by atoms with Gasteiger partial charge in [-0.1, -0.05) is 63.3 Å². The van der Waals surface area contributed by atoms with Crippen molar-refractivity contribution in [2.24, 2.45) is 0 Å². The molecule has 0 aliphatic heterocycles. The van der Waals surface area contributed by atoms with Gasteiger partial charge in [0, 0.05) is 0 Å². The van der Waals surface area contributed by atoms with E-state index in [4.69, 9.17) is 4.74 Å². The molecule has 170 valence electrons. The first kappa shape index (κ1) is 24.7. The molecule has 0 radical (unpaired) electrons. The average molecular weight is 438 g/mol. The number of benzene rings is 2. The monoisotopic (exact) mass is 438 g/mol. The summed E-state index contributed by atoms with van der Waals surface area (Å²) in [5, 5.41) is 9.23. The Morgan fingerprint density at radius 2 is 1.45 bits per heavy atom. The maximum absolute atomic E-state index is 12.2. The molecule has 0 bridgehead atoms. The number of carbonyl (C=O) groups excluding carboxylic acids is 1. The van der Waals surface area contributed by atoms with E-state index in [0.717, 1.165) is 23.3 Å². The van der Waals surface area contributed by atoms with Crippen molar-refractivity contribution in [1.82, 2.24) is 0 Å². The number of hydrogen-bond acceptors (Lipinski definition) is 4. The molecule has 0 aromatic heterocycles. The number of aliphatic hydroxyl groups excluding tert-OH is 1. The molecule has 0 spiro atoms. The zero-order chi connectivity index (χ0) is 22.7. The van der Waals surface area contributed by atoms with Crippen LogP contribution < -0.4 is 4.74 Å². The maximum atomic E-state index is 12.2. The minimum atomic E-state index is -4.62. The average Bonchev–Trinajstić information content (AvgIpc) is 2.72. The molecule has 1 atom stereocenters. The van der Waals surface area contributed by atoms with Crippen molar-refractivity contribution in [1.29, 1.82) is 0 Å². The molecule has 2 aromatic carbocycles. The third-order valence-corrected chi connectivity index (χ3v) is 4.72. The smallest absolute Gasteiger partial charge is 0.395 e. The SMILES string of the molecule is CCCCCCCCOc1ccc(-c2ccc(C(=O)OC(O)CC(F)(F)F)cc2)cc1. The molecule has 7 heteroatoms. The second-order valence-electron chi connectivity index (χ2n) is 7.40. The van der Waals surface area contributed by atoms with Crippen molar-refractivity contribution in [2.45, 2.75) is 64.3 Å². The Morgan fingerprint density at radius 3 is 2.03 bits per heavy atom. The van der Waals surface area contributed by atoms with E-state index in [-0.39, 0.29) is 5.56 Å². The van der Waals surface area contributed by atoms with E-state index >= 15 is 0 Å². The van der Waals surface area contributed by atoms with Gasteiger partial charge in [0.2, 0.25) is 6.29 Å². The zero-order valence-electron chi connectivity index (χ0n) is 17.7. The van der Waals surface area contributed by atoms with Gasteiger partial charge in [0.1, 0.15) is 12.2 Å². The molecule has 0 aliphatic carbocycles. The predicted octanol–water partition coefficient (Wildman–Crippen LogP) is 6.52. The van der Waals surface area contributed by atoms with Crippen molar-refractivity contribution >= 4 is 5.97 Å². The Labute approximate surface area is 181 Å². The van der Waals surface area contributed by atoms with Crippen LogP contribution in [-0.4, -0.2) is 30.1 Å². The largest absolute Gasteiger partial charge is 0.494 e. The van der Waals surface area contributed by atoms with Gasteiger partial charge in [-0.05, 0) is 41.8 Å². The Bertz CT molecular complexity index is 786. The van der Waals surface area contributed by atoms with Crippen LogP contribution in [0.2, 0.25) is 0 Å². The molecule has 4 nitrogen and oxygen atoms in total. The van der Waals surface area contributed by atoms with Gasteiger partial charge >= 0.3 is 12.1 Å². The molecule has 0 heterocycles. The molecule has 0 amide bonds. The van der Waals surface area contributed by atoms with Crippen LogP contribution in [0.15, 0.2) is 48.5 Å². The number of carbonyl (C=O) groups is 1. The van der Waals surface area contributed by atoms with E-state index < -0.39 is 24.9 Å². The number of alkyl halides is 3. The summed E-state index contributed by atoms with van der Waals surface area (Å²) in [4.78, 5) is 11.9. The standard InChI is InChI=1S/C24H29F3O4/c1-2-3-4-5-6-7-16-30-21-14-12-19(13-15-21)18-8-10-20(11-9-18)23(29)31-22(28)17-24(25,26)27/h8-15,22,28H,2-7,16-17H2,1H3. The number of rotatable bonds is 12. The van der Waals surface area contributed by atoms with Gasteiger partial charge in [0.25, 0.3) is 0 Å². The first-order valence-corrected chi connectivity index (χ1v) is 10.6. The highest BCUT2D eigenvalue weighted by Crippen LogP contribution is 2.25. The predicted molar refractivity (Wildman–Crippen MR) is 113 cm³/mol. The lowest BCUT2D eigenvalue weighted by Crippen LogP contribution is -2.24. The van der Waals surface area contributed by atoms with Crippen molar-refractivity contribution in [3.8, 4) is 16.9 Å². The minimum absolute atomic E-state index is 0.0591. The van der Waals surface area contributed by atoms with Crippen LogP contribution in [0.4, 0.5) is 13.2 Å². The summed E-state index contributed by atoms with van der Waals surface area (Å²) in [6, 6.07) is 13.8. The molecule has 0 saturated carbocycles. The van der Waals surface area contributed by atoms with E-state index in [9.17, 15) is 23.1 Å². The summed E-state index contributed by atoms with van der Waals surface area (Å²) < 4.78 is 46.8. The molecule has 0 fully saturated rings. The van der Waals surface area contributed by atoms with Crippen LogP contribution >= 0.6 is 0 Å². The molecule has 0 saturated heterocycles. The third-order valence-electron chi connectivity index (χ3n) is 4.72. The molecular formula is C24H29F3O4. The first-order valence-electron chi connectivity index (χ1n) is 10.6. The molecule has 2 aromatic rings. The van der Waals surface area contributed by atoms with E-state index in [0.29, 0.717) is 6.61 Å². The number of hydrogen-bond donors (Lipinski definition) is 1. The third kappa shape index (κ3) is 9.42. The Kier molecular flexibility index (Phi) is 9.85. The van der Waals surface area contributed by atoms with Crippen molar-refractivity contribution < 1.29 is 32.5 Å². The van der Waals surface area contributed by atoms with Gasteiger partial charge in [0.05, 0.1) is 12.2 Å². The highest BCUT2D eigenvalue weighted by atomic mass is 19.4. The van der Waals surface area contributed by atoms with Gasteiger partial charge in [-0.25, -0.2) is 4.79 Å². The highest BCUT2D eigenvalue weighted by Gasteiger charge is 2.33. The van der Waals surface area contributed by atoms with Crippen LogP contribution in [0, 0.1) is 0 Å². The van der Waals surface area contributed by atoms with Crippen LogP contribution in [-0.2, 0) is 4.74 Å². The molecule has 0 aliphatic rings. The highest BCUT2D eigenvalue weighted by molar-refractivity contribution is 5.90. The van der Waals surface area contributed by atoms with Gasteiger partial charge in [-0.15, -0.1) is 0 Å². The van der Waals surface area contributed by atoms with Crippen molar-refractivity contribution in [3.63, 3.8) is 0 Å². The lowest BCUT2D eigenvalue weighted by atomic mass is 10.0. The van der Waals surface area contributed by atoms with Gasteiger partial charge in [-0.2, -0.15) is 13.2 Å². The van der Waals surface area contributed by atoms with Crippen LogP contribution in [0.1, 0.15) is 62.2 Å². The maximum Gasteiger partial charge on any atom is 0.395 e. The minimum Gasteiger partial charge on any atom is -0.494 e. The fraction of sp³-hybridized carbons (Fsp3) is 0.458. The lowest BCUT2D eigenvalue weighted by molar-refractivity contribution is -0.189. The summed E-state index contributed by atoms with van der Waals surface area (Å²) >= 11 is 0. The molecule has 1 N–H and O–H groups in total. The zero-order valence-corrected chi connectivity index (χ0v) is 17.7. The summed E-state index contributed by atoms with van der Waals surface area (Å²) in [6.07, 6.45) is -1.22. The lowest BCUT2D eigenvalue weighted by Gasteiger charge is -2.14. The number of unbranched alkanes of at least 4 members (excludes halogenated alkanes) is 5. The first-order chi connectivity index (χ1) is 14.8. The van der Waals surface area contributed by atoms with E-state index in [2.05, 4.69) is 11.7 Å². The number of aliphatic hydroxyl groups is 1.